The molecule has 1 aliphatic heterocycles. The Morgan fingerprint density at radius 1 is 1.09 bits per heavy atom. The van der Waals surface area contributed by atoms with Crippen molar-refractivity contribution < 1.29 is 8.42 Å². The van der Waals surface area contributed by atoms with E-state index in [1.165, 1.54) is 16.9 Å². The number of hydrogen-bond acceptors (Lipinski definition) is 5. The van der Waals surface area contributed by atoms with Gasteiger partial charge in [-0.05, 0) is 36.2 Å². The van der Waals surface area contributed by atoms with E-state index in [-0.39, 0.29) is 0 Å². The molecule has 1 N–H and O–H groups in total. The second-order valence-corrected chi connectivity index (χ2v) is 8.67. The Morgan fingerprint density at radius 3 is 2.39 bits per heavy atom. The van der Waals surface area contributed by atoms with Gasteiger partial charge in [0, 0.05) is 38.4 Å². The number of likely N-dealkylation sites (N-methyl/N-ethyl adjacent to an activating group) is 1. The van der Waals surface area contributed by atoms with Crippen LogP contribution in [0.5, 0.6) is 0 Å². The lowest BCUT2D eigenvalue weighted by Crippen LogP contribution is -2.43. The summed E-state index contributed by atoms with van der Waals surface area (Å²) in [7, 11) is -1.32. The van der Waals surface area contributed by atoms with Gasteiger partial charge < -0.3 is 4.90 Å². The third-order valence-electron chi connectivity index (χ3n) is 3.97. The molecule has 1 aliphatic rings. The van der Waals surface area contributed by atoms with Gasteiger partial charge in [0.1, 0.15) is 4.21 Å². The van der Waals surface area contributed by atoms with Gasteiger partial charge in [0.15, 0.2) is 0 Å². The number of thiophene rings is 1. The van der Waals surface area contributed by atoms with Crippen LogP contribution in [0.3, 0.4) is 0 Å². The number of nitrogens with one attached hydrogen (secondary N) is 1. The summed E-state index contributed by atoms with van der Waals surface area (Å²) in [4.78, 5) is 4.75. The molecule has 0 amide bonds. The fourth-order valence-corrected chi connectivity index (χ4v) is 4.62. The predicted octanol–water partition coefficient (Wildman–Crippen LogP) is 2.30. The van der Waals surface area contributed by atoms with Crippen LogP contribution in [0.2, 0.25) is 0 Å². The molecule has 7 heteroatoms. The summed E-state index contributed by atoms with van der Waals surface area (Å²) in [6.45, 7) is 5.25. The highest BCUT2D eigenvalue weighted by Gasteiger charge is 2.16. The molecular weight excluding hydrogens is 330 g/mol. The van der Waals surface area contributed by atoms with Gasteiger partial charge in [0.05, 0.1) is 0 Å². The molecule has 1 aromatic heterocycles. The largest absolute Gasteiger partial charge is 0.304 e. The number of rotatable bonds is 5. The molecule has 0 spiro atoms. The van der Waals surface area contributed by atoms with Crippen LogP contribution >= 0.6 is 11.3 Å². The molecule has 0 bridgehead atoms. The van der Waals surface area contributed by atoms with Crippen molar-refractivity contribution in [1.82, 2.24) is 9.80 Å². The number of anilines is 1. The summed E-state index contributed by atoms with van der Waals surface area (Å²) in [5, 5.41) is 1.76. The number of sulfonamides is 1. The molecule has 0 unspecified atom stereocenters. The van der Waals surface area contributed by atoms with Crippen LogP contribution in [-0.4, -0.2) is 51.4 Å². The van der Waals surface area contributed by atoms with E-state index in [2.05, 4.69) is 21.6 Å². The third kappa shape index (κ3) is 4.32. The van der Waals surface area contributed by atoms with Crippen molar-refractivity contribution in [1.29, 1.82) is 0 Å². The molecule has 124 valence electrons. The highest BCUT2D eigenvalue weighted by molar-refractivity contribution is 7.94. The molecule has 1 aromatic carbocycles. The van der Waals surface area contributed by atoms with Gasteiger partial charge in [-0.1, -0.05) is 18.2 Å². The smallest absolute Gasteiger partial charge is 0.271 e. The minimum Gasteiger partial charge on any atom is -0.304 e. The monoisotopic (exact) mass is 351 g/mol. The van der Waals surface area contributed by atoms with Crippen molar-refractivity contribution >= 4 is 27.0 Å². The van der Waals surface area contributed by atoms with Crippen LogP contribution in [0.25, 0.3) is 0 Å². The molecule has 1 fully saturated rings. The van der Waals surface area contributed by atoms with Crippen molar-refractivity contribution in [3.63, 3.8) is 0 Å². The second-order valence-electron chi connectivity index (χ2n) is 5.81. The SMILES string of the molecule is CN1CCN(Cc2ccc(NS(=O)(=O)c3cccs3)cc2)CC1. The molecular formula is C16H21N3O2S2. The van der Waals surface area contributed by atoms with Crippen LogP contribution < -0.4 is 4.72 Å². The van der Waals surface area contributed by atoms with Crippen molar-refractivity contribution in [2.75, 3.05) is 37.9 Å². The van der Waals surface area contributed by atoms with Crippen LogP contribution in [0.1, 0.15) is 5.56 Å². The Balaban J connectivity index is 1.61. The molecule has 0 saturated carbocycles. The zero-order valence-electron chi connectivity index (χ0n) is 13.1. The summed E-state index contributed by atoms with van der Waals surface area (Å²) < 4.78 is 27.3. The Kier molecular flexibility index (Phi) is 5.01. The van der Waals surface area contributed by atoms with Gasteiger partial charge in [0.25, 0.3) is 10.0 Å². The molecule has 2 aromatic rings. The minimum atomic E-state index is -3.46. The van der Waals surface area contributed by atoms with Crippen LogP contribution in [0, 0.1) is 0 Å². The number of nitrogens with zero attached hydrogens (tertiary/aromatic N) is 2. The van der Waals surface area contributed by atoms with E-state index >= 15 is 0 Å². The summed E-state index contributed by atoms with van der Waals surface area (Å²) in [6, 6.07) is 11.0. The van der Waals surface area contributed by atoms with Gasteiger partial charge in [-0.3, -0.25) is 9.62 Å². The predicted molar refractivity (Wildman–Crippen MR) is 94.3 cm³/mol. The lowest BCUT2D eigenvalue weighted by atomic mass is 10.2. The van der Waals surface area contributed by atoms with Crippen molar-refractivity contribution in [3.05, 3.63) is 47.3 Å². The van der Waals surface area contributed by atoms with E-state index in [1.807, 2.05) is 24.3 Å². The third-order valence-corrected chi connectivity index (χ3v) is 6.75. The molecule has 5 nitrogen and oxygen atoms in total. The first-order valence-electron chi connectivity index (χ1n) is 7.59. The number of hydrogen-bond donors (Lipinski definition) is 1. The van der Waals surface area contributed by atoms with E-state index in [0.717, 1.165) is 32.7 Å². The maximum atomic E-state index is 12.2. The number of piperazine rings is 1. The normalized spacial score (nSPS) is 17.3. The minimum absolute atomic E-state index is 0.332. The van der Waals surface area contributed by atoms with Crippen LogP contribution in [-0.2, 0) is 16.6 Å². The van der Waals surface area contributed by atoms with E-state index in [9.17, 15) is 8.42 Å². The molecule has 0 radical (unpaired) electrons. The standard InChI is InChI=1S/C16H21N3O2S2/c1-18-8-10-19(11-9-18)13-14-4-6-15(7-5-14)17-23(20,21)16-3-2-12-22-16/h2-7,12,17H,8-11,13H2,1H3. The van der Waals surface area contributed by atoms with Crippen LogP contribution in [0.4, 0.5) is 5.69 Å². The topological polar surface area (TPSA) is 52.6 Å². The molecule has 23 heavy (non-hydrogen) atoms. The Labute approximate surface area is 141 Å². The molecule has 2 heterocycles. The Morgan fingerprint density at radius 2 is 1.78 bits per heavy atom. The lowest BCUT2D eigenvalue weighted by molar-refractivity contribution is 0.148. The Hall–Kier alpha value is -1.41. The van der Waals surface area contributed by atoms with Gasteiger partial charge in [0.2, 0.25) is 0 Å². The maximum absolute atomic E-state index is 12.2. The van der Waals surface area contributed by atoms with E-state index < -0.39 is 10.0 Å². The van der Waals surface area contributed by atoms with Gasteiger partial charge in [-0.2, -0.15) is 0 Å². The van der Waals surface area contributed by atoms with E-state index in [0.29, 0.717) is 9.90 Å². The van der Waals surface area contributed by atoms with Crippen molar-refractivity contribution in [2.24, 2.45) is 0 Å². The zero-order chi connectivity index (χ0) is 16.3. The molecule has 0 atom stereocenters. The Bertz CT molecular complexity index is 719. The van der Waals surface area contributed by atoms with E-state index in [1.54, 1.807) is 17.5 Å². The first-order valence-corrected chi connectivity index (χ1v) is 9.95. The summed E-state index contributed by atoms with van der Waals surface area (Å²) in [5.41, 5.74) is 1.80. The summed E-state index contributed by atoms with van der Waals surface area (Å²) in [5.74, 6) is 0. The van der Waals surface area contributed by atoms with Gasteiger partial charge in [-0.15, -0.1) is 11.3 Å². The summed E-state index contributed by atoms with van der Waals surface area (Å²) in [6.07, 6.45) is 0. The first-order chi connectivity index (χ1) is 11.0. The van der Waals surface area contributed by atoms with Gasteiger partial charge >= 0.3 is 0 Å². The zero-order valence-corrected chi connectivity index (χ0v) is 14.7. The number of benzene rings is 1. The average molecular weight is 351 g/mol. The maximum Gasteiger partial charge on any atom is 0.271 e. The summed E-state index contributed by atoms with van der Waals surface area (Å²) >= 11 is 1.21. The first kappa shape index (κ1) is 16.4. The highest BCUT2D eigenvalue weighted by Crippen LogP contribution is 2.20. The molecule has 0 aliphatic carbocycles. The molecule has 3 rings (SSSR count). The fraction of sp³-hybridized carbons (Fsp3) is 0.375. The van der Waals surface area contributed by atoms with Crippen molar-refractivity contribution in [2.45, 2.75) is 10.8 Å². The molecule has 1 saturated heterocycles. The quantitative estimate of drug-likeness (QED) is 0.898. The van der Waals surface area contributed by atoms with Crippen molar-refractivity contribution in [3.8, 4) is 0 Å². The fourth-order valence-electron chi connectivity index (χ4n) is 2.56. The highest BCUT2D eigenvalue weighted by atomic mass is 32.2. The van der Waals surface area contributed by atoms with Gasteiger partial charge in [-0.25, -0.2) is 8.42 Å². The van der Waals surface area contributed by atoms with Crippen LogP contribution in [0.15, 0.2) is 46.0 Å². The second kappa shape index (κ2) is 7.00. The van der Waals surface area contributed by atoms with E-state index in [4.69, 9.17) is 0 Å². The average Bonchev–Trinajstić information content (AvgIpc) is 3.07. The lowest BCUT2D eigenvalue weighted by Gasteiger charge is -2.32.